The lowest BCUT2D eigenvalue weighted by atomic mass is 10.1. The van der Waals surface area contributed by atoms with Crippen LogP contribution in [0.25, 0.3) is 0 Å². The summed E-state index contributed by atoms with van der Waals surface area (Å²) in [4.78, 5) is 35.5. The number of rotatable bonds is 7. The van der Waals surface area contributed by atoms with E-state index < -0.39 is 6.04 Å². The highest BCUT2D eigenvalue weighted by molar-refractivity contribution is 8.14. The van der Waals surface area contributed by atoms with E-state index in [1.54, 1.807) is 0 Å². The number of nitrogens with one attached hydrogen (secondary N) is 1. The zero-order valence-corrected chi connectivity index (χ0v) is 16.0. The Bertz CT molecular complexity index is 843. The standard InChI is InChI=1S/C19H21N5O2S/c1-2-3-11-21-16(25)9-8-15-18(26)24-17(22-15)13-6-4-5-7-14(13)23-19(24)27-12-10-20/h4-7,15H,2-3,8-9,11-12H2,1H3,(H,21,25)/t15-/m0/s1. The van der Waals surface area contributed by atoms with Gasteiger partial charge in [-0.2, -0.15) is 5.26 Å². The molecule has 0 saturated carbocycles. The molecule has 0 fully saturated rings. The van der Waals surface area contributed by atoms with Gasteiger partial charge in [0.1, 0.15) is 11.9 Å². The number of para-hydroxylation sites is 1. The summed E-state index contributed by atoms with van der Waals surface area (Å²) >= 11 is 1.22. The van der Waals surface area contributed by atoms with Gasteiger partial charge in [0.25, 0.3) is 5.91 Å². The molecule has 0 unspecified atom stereocenters. The summed E-state index contributed by atoms with van der Waals surface area (Å²) in [5.74, 6) is 0.504. The molecule has 1 aromatic rings. The lowest BCUT2D eigenvalue weighted by Gasteiger charge is -2.25. The third-order valence-electron chi connectivity index (χ3n) is 4.31. The van der Waals surface area contributed by atoms with E-state index in [0.29, 0.717) is 24.0 Å². The molecule has 2 amide bonds. The number of fused-ring (bicyclic) bond motifs is 3. The first-order valence-corrected chi connectivity index (χ1v) is 10.0. The molecule has 2 aliphatic rings. The molecule has 2 heterocycles. The summed E-state index contributed by atoms with van der Waals surface area (Å²) in [6.45, 7) is 2.72. The predicted octanol–water partition coefficient (Wildman–Crippen LogP) is 2.60. The Balaban J connectivity index is 1.76. The third-order valence-corrected chi connectivity index (χ3v) is 5.12. The Labute approximate surface area is 162 Å². The van der Waals surface area contributed by atoms with Crippen LogP contribution < -0.4 is 5.32 Å². The van der Waals surface area contributed by atoms with E-state index in [1.807, 2.05) is 24.3 Å². The molecule has 0 spiro atoms. The molecule has 0 radical (unpaired) electrons. The van der Waals surface area contributed by atoms with Crippen molar-refractivity contribution in [1.29, 1.82) is 5.26 Å². The van der Waals surface area contributed by atoms with Crippen molar-refractivity contribution in [3.8, 4) is 6.07 Å². The number of hydrogen-bond donors (Lipinski definition) is 1. The molecule has 0 saturated heterocycles. The summed E-state index contributed by atoms with van der Waals surface area (Å²) in [5, 5.41) is 12.2. The molecule has 0 bridgehead atoms. The fourth-order valence-corrected chi connectivity index (χ4v) is 3.61. The SMILES string of the molecule is CCCCNC(=O)CC[C@@H]1N=C2c3ccccc3N=C(SCC#N)N2C1=O. The van der Waals surface area contributed by atoms with Gasteiger partial charge in [-0.05, 0) is 25.0 Å². The number of nitriles is 1. The Morgan fingerprint density at radius 3 is 3.00 bits per heavy atom. The Hall–Kier alpha value is -2.66. The quantitative estimate of drug-likeness (QED) is 0.732. The van der Waals surface area contributed by atoms with Crippen LogP contribution in [0.4, 0.5) is 5.69 Å². The molecule has 27 heavy (non-hydrogen) atoms. The lowest BCUT2D eigenvalue weighted by molar-refractivity contribution is -0.125. The minimum atomic E-state index is -0.601. The Kier molecular flexibility index (Phi) is 6.24. The van der Waals surface area contributed by atoms with Crippen molar-refractivity contribution in [3.63, 3.8) is 0 Å². The van der Waals surface area contributed by atoms with Gasteiger partial charge in [-0.3, -0.25) is 14.6 Å². The minimum absolute atomic E-state index is 0.0607. The Morgan fingerprint density at radius 1 is 1.41 bits per heavy atom. The maximum absolute atomic E-state index is 12.9. The maximum atomic E-state index is 12.9. The van der Waals surface area contributed by atoms with Crippen molar-refractivity contribution in [2.24, 2.45) is 9.98 Å². The van der Waals surface area contributed by atoms with Gasteiger partial charge in [-0.15, -0.1) is 0 Å². The first-order valence-electron chi connectivity index (χ1n) is 9.02. The summed E-state index contributed by atoms with van der Waals surface area (Å²) in [6, 6.07) is 8.95. The van der Waals surface area contributed by atoms with Crippen LogP contribution in [0.1, 0.15) is 38.2 Å². The first kappa shape index (κ1) is 19.1. The number of carbonyl (C=O) groups is 2. The van der Waals surface area contributed by atoms with Crippen molar-refractivity contribution in [2.75, 3.05) is 12.3 Å². The van der Waals surface area contributed by atoms with E-state index >= 15 is 0 Å². The molecule has 0 aromatic heterocycles. The molecule has 1 N–H and O–H groups in total. The summed E-state index contributed by atoms with van der Waals surface area (Å²) < 4.78 is 0. The van der Waals surface area contributed by atoms with Crippen molar-refractivity contribution < 1.29 is 9.59 Å². The van der Waals surface area contributed by atoms with Crippen LogP contribution >= 0.6 is 11.8 Å². The van der Waals surface area contributed by atoms with Gasteiger partial charge in [-0.25, -0.2) is 9.89 Å². The number of amides is 2. The summed E-state index contributed by atoms with van der Waals surface area (Å²) in [5.41, 5.74) is 1.53. The number of thioether (sulfide) groups is 1. The molecule has 2 aliphatic heterocycles. The highest BCUT2D eigenvalue weighted by atomic mass is 32.2. The normalized spacial score (nSPS) is 17.6. The number of nitrogens with zero attached hydrogens (tertiary/aromatic N) is 4. The van der Waals surface area contributed by atoms with Crippen LogP contribution in [0.15, 0.2) is 34.3 Å². The second kappa shape index (κ2) is 8.82. The second-order valence-electron chi connectivity index (χ2n) is 6.24. The van der Waals surface area contributed by atoms with Gasteiger partial charge >= 0.3 is 0 Å². The molecule has 8 heteroatoms. The van der Waals surface area contributed by atoms with E-state index in [9.17, 15) is 9.59 Å². The van der Waals surface area contributed by atoms with Crippen molar-refractivity contribution in [2.45, 2.75) is 38.6 Å². The molecule has 0 aliphatic carbocycles. The number of hydrogen-bond acceptors (Lipinski definition) is 6. The second-order valence-corrected chi connectivity index (χ2v) is 7.19. The number of amidine groups is 2. The van der Waals surface area contributed by atoms with Crippen molar-refractivity contribution >= 4 is 40.3 Å². The zero-order valence-electron chi connectivity index (χ0n) is 15.1. The van der Waals surface area contributed by atoms with Gasteiger partial charge in [0.15, 0.2) is 5.17 Å². The summed E-state index contributed by atoms with van der Waals surface area (Å²) in [7, 11) is 0. The smallest absolute Gasteiger partial charge is 0.259 e. The van der Waals surface area contributed by atoms with Gasteiger partial charge in [-0.1, -0.05) is 37.2 Å². The molecule has 1 atom stereocenters. The molecule has 140 valence electrons. The van der Waals surface area contributed by atoms with E-state index in [1.165, 1.54) is 16.7 Å². The van der Waals surface area contributed by atoms with Crippen LogP contribution in [-0.2, 0) is 9.59 Å². The zero-order chi connectivity index (χ0) is 19.2. The van der Waals surface area contributed by atoms with E-state index in [2.05, 4.69) is 28.3 Å². The number of aliphatic imine (C=N–C) groups is 2. The van der Waals surface area contributed by atoms with E-state index in [4.69, 9.17) is 5.26 Å². The highest BCUT2D eigenvalue weighted by Gasteiger charge is 2.41. The predicted molar refractivity (Wildman–Crippen MR) is 106 cm³/mol. The molecule has 7 nitrogen and oxygen atoms in total. The minimum Gasteiger partial charge on any atom is -0.356 e. The topological polar surface area (TPSA) is 97.9 Å². The molecular formula is C19H21N5O2S. The third kappa shape index (κ3) is 4.19. The average Bonchev–Trinajstić information content (AvgIpc) is 3.02. The number of unbranched alkanes of at least 4 members (excludes halogenated alkanes) is 1. The van der Waals surface area contributed by atoms with Crippen LogP contribution in [0, 0.1) is 11.3 Å². The Morgan fingerprint density at radius 2 is 2.22 bits per heavy atom. The maximum Gasteiger partial charge on any atom is 0.259 e. The van der Waals surface area contributed by atoms with Crippen molar-refractivity contribution in [3.05, 3.63) is 29.8 Å². The molecule has 1 aromatic carbocycles. The molecular weight excluding hydrogens is 362 g/mol. The first-order chi connectivity index (χ1) is 13.2. The van der Waals surface area contributed by atoms with Gasteiger partial charge < -0.3 is 5.32 Å². The lowest BCUT2D eigenvalue weighted by Crippen LogP contribution is -2.41. The largest absolute Gasteiger partial charge is 0.356 e. The van der Waals surface area contributed by atoms with E-state index in [0.717, 1.165) is 24.1 Å². The average molecular weight is 383 g/mol. The van der Waals surface area contributed by atoms with Gasteiger partial charge in [0.2, 0.25) is 5.91 Å². The fourth-order valence-electron chi connectivity index (χ4n) is 2.94. The van der Waals surface area contributed by atoms with Gasteiger partial charge in [0, 0.05) is 18.5 Å². The molecule has 3 rings (SSSR count). The van der Waals surface area contributed by atoms with Crippen LogP contribution in [-0.4, -0.2) is 46.1 Å². The van der Waals surface area contributed by atoms with Gasteiger partial charge in [0.05, 0.1) is 17.5 Å². The van der Waals surface area contributed by atoms with E-state index in [-0.39, 0.29) is 24.0 Å². The highest BCUT2D eigenvalue weighted by Crippen LogP contribution is 2.34. The number of carbonyl (C=O) groups excluding carboxylic acids is 2. The van der Waals surface area contributed by atoms with Crippen LogP contribution in [0.3, 0.4) is 0 Å². The summed E-state index contributed by atoms with van der Waals surface area (Å²) in [6.07, 6.45) is 2.57. The van der Waals surface area contributed by atoms with Crippen LogP contribution in [0.5, 0.6) is 0 Å². The van der Waals surface area contributed by atoms with Crippen LogP contribution in [0.2, 0.25) is 0 Å². The van der Waals surface area contributed by atoms with Crippen molar-refractivity contribution in [1.82, 2.24) is 10.2 Å². The monoisotopic (exact) mass is 383 g/mol. The number of benzene rings is 1. The fraction of sp³-hybridized carbons (Fsp3) is 0.421.